The van der Waals surface area contributed by atoms with E-state index in [1.165, 1.54) is 18.3 Å². The summed E-state index contributed by atoms with van der Waals surface area (Å²) in [7, 11) is 0. The van der Waals surface area contributed by atoms with Crippen molar-refractivity contribution in [2.45, 2.75) is 25.9 Å². The number of rotatable bonds is 3. The maximum Gasteiger partial charge on any atom is 0.223 e. The van der Waals surface area contributed by atoms with Crippen molar-refractivity contribution in [3.05, 3.63) is 11.1 Å². The number of nitrogens with zero attached hydrogens (tertiary/aromatic N) is 2. The maximum atomic E-state index is 10.8. The minimum atomic E-state index is -0.0795. The van der Waals surface area contributed by atoms with Gasteiger partial charge in [0, 0.05) is 38.0 Å². The van der Waals surface area contributed by atoms with Gasteiger partial charge in [0.15, 0.2) is 5.13 Å². The van der Waals surface area contributed by atoms with Gasteiger partial charge in [-0.15, -0.1) is 36.2 Å². The maximum absolute atomic E-state index is 10.8. The van der Waals surface area contributed by atoms with Crippen LogP contribution in [0, 0.1) is 0 Å². The number of hydrogen-bond acceptors (Lipinski definition) is 5. The second-order valence-electron chi connectivity index (χ2n) is 4.11. The van der Waals surface area contributed by atoms with Crippen molar-refractivity contribution < 1.29 is 4.79 Å². The minimum absolute atomic E-state index is 0. The van der Waals surface area contributed by atoms with Crippen LogP contribution in [0.4, 0.5) is 5.13 Å². The molecule has 0 unspecified atom stereocenters. The number of carbonyl (C=O) groups excluding carboxylic acids is 1. The van der Waals surface area contributed by atoms with E-state index in [1.807, 2.05) is 5.38 Å². The van der Waals surface area contributed by atoms with Crippen molar-refractivity contribution in [2.24, 2.45) is 5.73 Å². The van der Waals surface area contributed by atoms with Crippen LogP contribution in [-0.2, 0) is 11.3 Å². The van der Waals surface area contributed by atoms with Crippen molar-refractivity contribution in [3.8, 4) is 0 Å². The Bertz CT molecular complexity index is 388. The molecule has 2 rings (SSSR count). The van der Waals surface area contributed by atoms with Crippen molar-refractivity contribution in [1.29, 1.82) is 0 Å². The molecule has 1 fully saturated rings. The van der Waals surface area contributed by atoms with Crippen LogP contribution in [-0.4, -0.2) is 34.9 Å². The van der Waals surface area contributed by atoms with Gasteiger partial charge < -0.3 is 11.1 Å². The molecule has 2 heterocycles. The molecule has 1 amide bonds. The molecule has 0 aromatic carbocycles. The summed E-state index contributed by atoms with van der Waals surface area (Å²) in [6, 6.07) is 0.299. The van der Waals surface area contributed by atoms with E-state index in [4.69, 9.17) is 5.73 Å². The van der Waals surface area contributed by atoms with Crippen molar-refractivity contribution >= 4 is 47.2 Å². The van der Waals surface area contributed by atoms with Gasteiger partial charge in [-0.05, 0) is 6.42 Å². The molecule has 1 atom stereocenters. The summed E-state index contributed by atoms with van der Waals surface area (Å²) in [5, 5.41) is 5.34. The van der Waals surface area contributed by atoms with Gasteiger partial charge in [-0.2, -0.15) is 0 Å². The zero-order chi connectivity index (χ0) is 11.5. The van der Waals surface area contributed by atoms with Gasteiger partial charge in [0.25, 0.3) is 0 Å². The Morgan fingerprint density at radius 2 is 2.39 bits per heavy atom. The summed E-state index contributed by atoms with van der Waals surface area (Å²) in [5.74, 6) is -0.0795. The zero-order valence-electron chi connectivity index (χ0n) is 10.1. The first-order valence-electron chi connectivity index (χ1n) is 5.33. The van der Waals surface area contributed by atoms with Crippen LogP contribution in [0.15, 0.2) is 5.38 Å². The number of carbonyl (C=O) groups is 1. The molecule has 0 spiro atoms. The van der Waals surface area contributed by atoms with Gasteiger partial charge in [0.2, 0.25) is 5.91 Å². The van der Waals surface area contributed by atoms with E-state index in [0.717, 1.165) is 31.7 Å². The quantitative estimate of drug-likeness (QED) is 0.887. The highest BCUT2D eigenvalue weighted by atomic mass is 35.5. The number of aromatic nitrogens is 1. The van der Waals surface area contributed by atoms with E-state index in [0.29, 0.717) is 11.2 Å². The fourth-order valence-electron chi connectivity index (χ4n) is 1.82. The van der Waals surface area contributed by atoms with Gasteiger partial charge >= 0.3 is 0 Å². The molecule has 0 bridgehead atoms. The van der Waals surface area contributed by atoms with Crippen LogP contribution in [0.1, 0.15) is 19.0 Å². The van der Waals surface area contributed by atoms with E-state index in [-0.39, 0.29) is 30.7 Å². The summed E-state index contributed by atoms with van der Waals surface area (Å²) < 4.78 is 0. The van der Waals surface area contributed by atoms with Gasteiger partial charge in [-0.1, -0.05) is 0 Å². The largest absolute Gasteiger partial charge is 0.326 e. The lowest BCUT2D eigenvalue weighted by molar-refractivity contribution is -0.114. The monoisotopic (exact) mass is 312 g/mol. The summed E-state index contributed by atoms with van der Waals surface area (Å²) >= 11 is 1.46. The number of halogens is 2. The topological polar surface area (TPSA) is 71.2 Å². The van der Waals surface area contributed by atoms with E-state index in [1.54, 1.807) is 0 Å². The molecule has 0 aliphatic carbocycles. The highest BCUT2D eigenvalue weighted by Crippen LogP contribution is 2.18. The Morgan fingerprint density at radius 3 is 2.94 bits per heavy atom. The SMILES string of the molecule is CC(=O)Nc1nc(CN2CC[C@@H](N)C2)cs1.Cl.Cl. The normalized spacial score (nSPS) is 18.9. The van der Waals surface area contributed by atoms with Crippen LogP contribution in [0.25, 0.3) is 0 Å². The van der Waals surface area contributed by atoms with Crippen molar-refractivity contribution in [1.82, 2.24) is 9.88 Å². The first kappa shape index (κ1) is 17.6. The fourth-order valence-corrected chi connectivity index (χ4v) is 2.57. The first-order valence-corrected chi connectivity index (χ1v) is 6.21. The Kier molecular flexibility index (Phi) is 7.73. The number of amides is 1. The molecule has 0 radical (unpaired) electrons. The zero-order valence-corrected chi connectivity index (χ0v) is 12.5. The van der Waals surface area contributed by atoms with Gasteiger partial charge in [-0.25, -0.2) is 4.98 Å². The van der Waals surface area contributed by atoms with Crippen LogP contribution >= 0.6 is 36.2 Å². The lowest BCUT2D eigenvalue weighted by atomic mass is 10.3. The van der Waals surface area contributed by atoms with E-state index in [2.05, 4.69) is 15.2 Å². The molecular formula is C10H18Cl2N4OS. The lowest BCUT2D eigenvalue weighted by Gasteiger charge is -2.12. The first-order chi connectivity index (χ1) is 7.63. The molecule has 0 saturated carbocycles. The van der Waals surface area contributed by atoms with Crippen LogP contribution in [0.3, 0.4) is 0 Å². The standard InChI is InChI=1S/C10H16N4OS.2ClH/c1-7(15)12-10-13-9(6-16-10)5-14-3-2-8(11)4-14;;/h6,8H,2-5,11H2,1H3,(H,12,13,15);2*1H/t8-;;/m1../s1. The van der Waals surface area contributed by atoms with Crippen LogP contribution in [0.2, 0.25) is 0 Å². The highest BCUT2D eigenvalue weighted by Gasteiger charge is 2.19. The van der Waals surface area contributed by atoms with E-state index in [9.17, 15) is 4.79 Å². The molecular weight excluding hydrogens is 295 g/mol. The summed E-state index contributed by atoms with van der Waals surface area (Å²) in [6.45, 7) is 4.28. The van der Waals surface area contributed by atoms with Gasteiger partial charge in [-0.3, -0.25) is 9.69 Å². The smallest absolute Gasteiger partial charge is 0.223 e. The molecule has 8 heteroatoms. The van der Waals surface area contributed by atoms with Crippen molar-refractivity contribution in [2.75, 3.05) is 18.4 Å². The number of nitrogens with one attached hydrogen (secondary N) is 1. The number of anilines is 1. The summed E-state index contributed by atoms with van der Waals surface area (Å²) in [6.07, 6.45) is 1.06. The molecule has 18 heavy (non-hydrogen) atoms. The average molecular weight is 313 g/mol. The Labute approximate surface area is 123 Å². The number of nitrogens with two attached hydrogens (primary N) is 1. The molecule has 1 aromatic rings. The van der Waals surface area contributed by atoms with E-state index < -0.39 is 0 Å². The fraction of sp³-hybridized carbons (Fsp3) is 0.600. The Hall–Kier alpha value is -0.400. The molecule has 1 aromatic heterocycles. The third-order valence-corrected chi connectivity index (χ3v) is 3.34. The van der Waals surface area contributed by atoms with Gasteiger partial charge in [0.05, 0.1) is 5.69 Å². The molecule has 104 valence electrons. The molecule has 1 saturated heterocycles. The number of hydrogen-bond donors (Lipinski definition) is 2. The minimum Gasteiger partial charge on any atom is -0.326 e. The second-order valence-corrected chi connectivity index (χ2v) is 4.97. The second kappa shape index (κ2) is 7.91. The lowest BCUT2D eigenvalue weighted by Crippen LogP contribution is -2.26. The Morgan fingerprint density at radius 1 is 1.67 bits per heavy atom. The third-order valence-electron chi connectivity index (χ3n) is 2.53. The highest BCUT2D eigenvalue weighted by molar-refractivity contribution is 7.13. The molecule has 1 aliphatic rings. The summed E-state index contributed by atoms with van der Waals surface area (Å²) in [5.41, 5.74) is 6.84. The van der Waals surface area contributed by atoms with Crippen LogP contribution < -0.4 is 11.1 Å². The predicted molar refractivity (Wildman–Crippen MR) is 78.8 cm³/mol. The van der Waals surface area contributed by atoms with Crippen LogP contribution in [0.5, 0.6) is 0 Å². The molecule has 3 N–H and O–H groups in total. The number of likely N-dealkylation sites (tertiary alicyclic amines) is 1. The summed E-state index contributed by atoms with van der Waals surface area (Å²) in [4.78, 5) is 17.5. The predicted octanol–water partition coefficient (Wildman–Crippen LogP) is 1.48. The van der Waals surface area contributed by atoms with Gasteiger partial charge in [0.1, 0.15) is 0 Å². The molecule has 1 aliphatic heterocycles. The average Bonchev–Trinajstić information content (AvgIpc) is 2.76. The third kappa shape index (κ3) is 5.07. The molecule has 5 nitrogen and oxygen atoms in total. The Balaban J connectivity index is 0.00000144. The van der Waals surface area contributed by atoms with E-state index >= 15 is 0 Å². The van der Waals surface area contributed by atoms with Crippen molar-refractivity contribution in [3.63, 3.8) is 0 Å². The number of thiazole rings is 1.